The average Bonchev–Trinajstić information content (AvgIpc) is 3.45. The van der Waals surface area contributed by atoms with E-state index in [1.54, 1.807) is 24.5 Å². The number of thiazole rings is 1. The van der Waals surface area contributed by atoms with Gasteiger partial charge in [-0.15, -0.1) is 0 Å². The summed E-state index contributed by atoms with van der Waals surface area (Å²) >= 11 is 1.44. The Morgan fingerprint density at radius 1 is 1.14 bits per heavy atom. The molecule has 2 aromatic carbocycles. The predicted molar refractivity (Wildman–Crippen MR) is 106 cm³/mol. The summed E-state index contributed by atoms with van der Waals surface area (Å²) in [7, 11) is 0. The Hall–Kier alpha value is -3.83. The largest absolute Gasteiger partial charge is 0.455 e. The third-order valence-corrected chi connectivity index (χ3v) is 5.09. The Morgan fingerprint density at radius 2 is 1.96 bits per heavy atom. The highest BCUT2D eigenvalue weighted by atomic mass is 32.1. The fraction of sp³-hybridized carbons (Fsp3) is 0.0500. The minimum atomic E-state index is 0.238. The topological polar surface area (TPSA) is 92.7 Å². The minimum absolute atomic E-state index is 0.238. The van der Waals surface area contributed by atoms with E-state index in [0.29, 0.717) is 16.4 Å². The lowest BCUT2D eigenvalue weighted by Gasteiger charge is -1.94. The molecule has 136 valence electrons. The smallest absolute Gasteiger partial charge is 0.231 e. The van der Waals surface area contributed by atoms with Crippen LogP contribution in [0.3, 0.4) is 0 Å². The second-order valence-corrected chi connectivity index (χ2v) is 7.02. The zero-order valence-electron chi connectivity index (χ0n) is 14.4. The number of benzene rings is 2. The standard InChI is InChI=1S/C20H12N4O3S/c21-8-12-1-3-13(4-2-12)9-23-24-20-22-10-19(28-20)18-6-14-5-16-17(26-11-25-16)7-15(14)27-18/h1-7,9-10H,11H2,(H,22,24). The predicted octanol–water partition coefficient (Wildman–Crippen LogP) is 4.60. The molecule has 5 rings (SSSR count). The van der Waals surface area contributed by atoms with Crippen LogP contribution in [0, 0.1) is 11.3 Å². The van der Waals surface area contributed by atoms with Crippen molar-refractivity contribution >= 4 is 33.7 Å². The SMILES string of the molecule is N#Cc1ccc(C=NNc2ncc(-c3cc4cc5c(cc4o3)OCO5)s2)cc1. The van der Waals surface area contributed by atoms with Gasteiger partial charge in [0.1, 0.15) is 11.3 Å². The number of furan rings is 1. The highest BCUT2D eigenvalue weighted by Gasteiger charge is 2.17. The summed E-state index contributed by atoms with van der Waals surface area (Å²) in [5.74, 6) is 2.14. The van der Waals surface area contributed by atoms with Crippen LogP contribution in [0.25, 0.3) is 21.6 Å². The maximum atomic E-state index is 8.82. The summed E-state index contributed by atoms with van der Waals surface area (Å²) < 4.78 is 16.7. The van der Waals surface area contributed by atoms with Crippen molar-refractivity contribution in [1.29, 1.82) is 5.26 Å². The van der Waals surface area contributed by atoms with E-state index in [2.05, 4.69) is 21.6 Å². The number of hydrogen-bond acceptors (Lipinski definition) is 8. The van der Waals surface area contributed by atoms with Gasteiger partial charge in [0.25, 0.3) is 0 Å². The van der Waals surface area contributed by atoms with Crippen LogP contribution in [0.4, 0.5) is 5.13 Å². The number of hydrazone groups is 1. The van der Waals surface area contributed by atoms with Crippen molar-refractivity contribution < 1.29 is 13.9 Å². The molecule has 1 aliphatic rings. The summed E-state index contributed by atoms with van der Waals surface area (Å²) in [6.07, 6.45) is 3.41. The summed E-state index contributed by atoms with van der Waals surface area (Å²) in [5.41, 5.74) is 5.15. The summed E-state index contributed by atoms with van der Waals surface area (Å²) in [4.78, 5) is 5.21. The molecule has 0 bridgehead atoms. The zero-order valence-corrected chi connectivity index (χ0v) is 15.2. The third kappa shape index (κ3) is 3.04. The third-order valence-electron chi connectivity index (χ3n) is 4.17. The van der Waals surface area contributed by atoms with Gasteiger partial charge in [-0.3, -0.25) is 5.43 Å². The molecule has 0 radical (unpaired) electrons. The van der Waals surface area contributed by atoms with E-state index in [9.17, 15) is 0 Å². The first-order valence-corrected chi connectivity index (χ1v) is 9.19. The maximum absolute atomic E-state index is 8.82. The molecule has 28 heavy (non-hydrogen) atoms. The number of anilines is 1. The zero-order chi connectivity index (χ0) is 18.9. The van der Waals surface area contributed by atoms with Crippen LogP contribution in [-0.2, 0) is 0 Å². The van der Waals surface area contributed by atoms with Crippen LogP contribution in [0.5, 0.6) is 11.5 Å². The Kier molecular flexibility index (Phi) is 3.92. The molecule has 0 fully saturated rings. The molecular formula is C20H12N4O3S. The number of nitriles is 1. The van der Waals surface area contributed by atoms with E-state index in [4.69, 9.17) is 19.2 Å². The number of rotatable bonds is 4. The molecule has 0 aliphatic carbocycles. The van der Waals surface area contributed by atoms with Gasteiger partial charge < -0.3 is 13.9 Å². The van der Waals surface area contributed by atoms with Gasteiger partial charge in [0.05, 0.1) is 28.9 Å². The lowest BCUT2D eigenvalue weighted by molar-refractivity contribution is 0.174. The molecule has 4 aromatic rings. The molecule has 7 nitrogen and oxygen atoms in total. The molecule has 0 atom stereocenters. The van der Waals surface area contributed by atoms with Crippen molar-refractivity contribution in [2.75, 3.05) is 12.2 Å². The fourth-order valence-corrected chi connectivity index (χ4v) is 3.51. The Morgan fingerprint density at radius 3 is 2.79 bits per heavy atom. The van der Waals surface area contributed by atoms with Crippen molar-refractivity contribution in [1.82, 2.24) is 4.98 Å². The van der Waals surface area contributed by atoms with Crippen LogP contribution in [0.1, 0.15) is 11.1 Å². The van der Waals surface area contributed by atoms with Gasteiger partial charge in [-0.2, -0.15) is 10.4 Å². The lowest BCUT2D eigenvalue weighted by Crippen LogP contribution is -1.92. The van der Waals surface area contributed by atoms with Gasteiger partial charge in [-0.1, -0.05) is 23.5 Å². The average molecular weight is 388 g/mol. The van der Waals surface area contributed by atoms with Crippen LogP contribution in [0.15, 0.2) is 58.2 Å². The number of nitrogens with zero attached hydrogens (tertiary/aromatic N) is 3. The molecule has 0 amide bonds. The quantitative estimate of drug-likeness (QED) is 0.406. The van der Waals surface area contributed by atoms with E-state index in [1.165, 1.54) is 11.3 Å². The van der Waals surface area contributed by atoms with Gasteiger partial charge in [-0.05, 0) is 29.8 Å². The molecule has 0 spiro atoms. The molecular weight excluding hydrogens is 376 g/mol. The van der Waals surface area contributed by atoms with E-state index in [0.717, 1.165) is 32.9 Å². The Labute approximate surface area is 163 Å². The summed E-state index contributed by atoms with van der Waals surface area (Å²) in [6, 6.07) is 14.9. The molecule has 1 aliphatic heterocycles. The Balaban J connectivity index is 1.32. The van der Waals surface area contributed by atoms with Crippen LogP contribution >= 0.6 is 11.3 Å². The van der Waals surface area contributed by atoms with Crippen molar-refractivity contribution in [2.45, 2.75) is 0 Å². The van der Waals surface area contributed by atoms with Crippen LogP contribution in [0.2, 0.25) is 0 Å². The van der Waals surface area contributed by atoms with E-state index >= 15 is 0 Å². The van der Waals surface area contributed by atoms with Crippen molar-refractivity contribution in [2.24, 2.45) is 5.10 Å². The number of hydrogen-bond donors (Lipinski definition) is 1. The van der Waals surface area contributed by atoms with Gasteiger partial charge in [0.2, 0.25) is 11.9 Å². The molecule has 2 aromatic heterocycles. The van der Waals surface area contributed by atoms with E-state index < -0.39 is 0 Å². The van der Waals surface area contributed by atoms with E-state index in [1.807, 2.05) is 30.3 Å². The fourth-order valence-electron chi connectivity index (χ4n) is 2.80. The summed E-state index contributed by atoms with van der Waals surface area (Å²) in [5, 5.41) is 14.6. The molecule has 0 saturated heterocycles. The number of aromatic nitrogens is 1. The van der Waals surface area contributed by atoms with Crippen LogP contribution in [-0.4, -0.2) is 18.0 Å². The van der Waals surface area contributed by atoms with Gasteiger partial charge >= 0.3 is 0 Å². The monoisotopic (exact) mass is 388 g/mol. The minimum Gasteiger partial charge on any atom is -0.455 e. The highest BCUT2D eigenvalue weighted by Crippen LogP contribution is 2.40. The van der Waals surface area contributed by atoms with Gasteiger partial charge in [0.15, 0.2) is 11.5 Å². The molecule has 1 N–H and O–H groups in total. The number of ether oxygens (including phenoxy) is 2. The molecule has 0 unspecified atom stereocenters. The maximum Gasteiger partial charge on any atom is 0.231 e. The lowest BCUT2D eigenvalue weighted by atomic mass is 10.2. The first-order valence-electron chi connectivity index (χ1n) is 8.37. The first kappa shape index (κ1) is 16.4. The van der Waals surface area contributed by atoms with Gasteiger partial charge in [0, 0.05) is 11.5 Å². The number of fused-ring (bicyclic) bond motifs is 2. The van der Waals surface area contributed by atoms with Crippen molar-refractivity contribution in [3.8, 4) is 28.2 Å². The first-order chi connectivity index (χ1) is 13.8. The van der Waals surface area contributed by atoms with E-state index in [-0.39, 0.29) is 6.79 Å². The molecule has 8 heteroatoms. The second-order valence-electron chi connectivity index (χ2n) is 5.99. The normalized spacial score (nSPS) is 12.5. The van der Waals surface area contributed by atoms with Crippen molar-refractivity contribution in [3.63, 3.8) is 0 Å². The van der Waals surface area contributed by atoms with Gasteiger partial charge in [-0.25, -0.2) is 4.98 Å². The number of nitrogens with one attached hydrogen (secondary N) is 1. The highest BCUT2D eigenvalue weighted by molar-refractivity contribution is 7.18. The summed E-state index contributed by atoms with van der Waals surface area (Å²) in [6.45, 7) is 0.238. The molecule has 0 saturated carbocycles. The van der Waals surface area contributed by atoms with Crippen molar-refractivity contribution in [3.05, 3.63) is 59.8 Å². The molecule has 3 heterocycles. The Bertz CT molecular complexity index is 1190. The second kappa shape index (κ2) is 6.72. The van der Waals surface area contributed by atoms with Crippen LogP contribution < -0.4 is 14.9 Å².